The van der Waals surface area contributed by atoms with Crippen LogP contribution in [0.3, 0.4) is 0 Å². The van der Waals surface area contributed by atoms with Gasteiger partial charge in [-0.15, -0.1) is 0 Å². The number of nitrogens with one attached hydrogen (secondary N) is 2. The lowest BCUT2D eigenvalue weighted by atomic mass is 9.78. The number of ether oxygens (including phenoxy) is 1. The Bertz CT molecular complexity index is 485. The Balaban J connectivity index is 2.15. The number of hydrogen-bond acceptors (Lipinski definition) is 3. The summed E-state index contributed by atoms with van der Waals surface area (Å²) in [6.07, 6.45) is 1.54. The average Bonchev–Trinajstić information content (AvgIpc) is 2.43. The van der Waals surface area contributed by atoms with Crippen molar-refractivity contribution in [1.82, 2.24) is 5.32 Å². The van der Waals surface area contributed by atoms with Gasteiger partial charge >= 0.3 is 0 Å². The fraction of sp³-hybridized carbons (Fsp3) is 0.500. The van der Waals surface area contributed by atoms with Crippen molar-refractivity contribution < 1.29 is 9.53 Å². The van der Waals surface area contributed by atoms with Crippen molar-refractivity contribution in [2.45, 2.75) is 12.8 Å². The van der Waals surface area contributed by atoms with E-state index in [1.54, 1.807) is 7.11 Å². The number of halogens is 2. The first-order chi connectivity index (χ1) is 9.57. The number of benzene rings is 1. The van der Waals surface area contributed by atoms with Crippen LogP contribution in [0.1, 0.15) is 12.8 Å². The highest BCUT2D eigenvalue weighted by Crippen LogP contribution is 2.32. The standard InChI is InChI=1S/C14H18ClIN2O2/c1-20-9-14(4-6-17-7-5-14)13(19)18-12-3-2-10(16)8-11(12)15/h2-3,8,17H,4-7,9H2,1H3,(H,18,19). The quantitative estimate of drug-likeness (QED) is 0.753. The maximum atomic E-state index is 12.6. The van der Waals surface area contributed by atoms with Crippen LogP contribution in [-0.4, -0.2) is 32.7 Å². The van der Waals surface area contributed by atoms with E-state index < -0.39 is 5.41 Å². The smallest absolute Gasteiger partial charge is 0.233 e. The van der Waals surface area contributed by atoms with Gasteiger partial charge in [0.15, 0.2) is 0 Å². The Morgan fingerprint density at radius 1 is 1.50 bits per heavy atom. The number of methoxy groups -OCH3 is 1. The monoisotopic (exact) mass is 408 g/mol. The van der Waals surface area contributed by atoms with E-state index in [4.69, 9.17) is 16.3 Å². The van der Waals surface area contributed by atoms with Gasteiger partial charge in [0.1, 0.15) is 0 Å². The molecule has 1 aliphatic rings. The van der Waals surface area contributed by atoms with Gasteiger partial charge < -0.3 is 15.4 Å². The number of hydrogen-bond donors (Lipinski definition) is 2. The molecule has 4 nitrogen and oxygen atoms in total. The second kappa shape index (κ2) is 7.06. The molecule has 0 radical (unpaired) electrons. The summed E-state index contributed by atoms with van der Waals surface area (Å²) in [6, 6.07) is 5.60. The minimum absolute atomic E-state index is 0.0102. The first-order valence-electron chi connectivity index (χ1n) is 6.53. The molecule has 0 bridgehead atoms. The van der Waals surface area contributed by atoms with Crippen molar-refractivity contribution in [2.24, 2.45) is 5.41 Å². The largest absolute Gasteiger partial charge is 0.384 e. The normalized spacial score (nSPS) is 17.8. The number of amides is 1. The molecule has 2 N–H and O–H groups in total. The summed E-state index contributed by atoms with van der Waals surface area (Å²) in [4.78, 5) is 12.6. The van der Waals surface area contributed by atoms with Crippen molar-refractivity contribution >= 4 is 45.8 Å². The number of carbonyl (C=O) groups excluding carboxylic acids is 1. The molecule has 110 valence electrons. The van der Waals surface area contributed by atoms with Gasteiger partial charge in [0.25, 0.3) is 0 Å². The molecule has 1 aromatic carbocycles. The van der Waals surface area contributed by atoms with Crippen molar-refractivity contribution in [2.75, 3.05) is 32.1 Å². The summed E-state index contributed by atoms with van der Waals surface area (Å²) in [5.74, 6) is -0.0102. The van der Waals surface area contributed by atoms with Crippen LogP contribution < -0.4 is 10.6 Å². The molecule has 20 heavy (non-hydrogen) atoms. The lowest BCUT2D eigenvalue weighted by Crippen LogP contribution is -2.47. The van der Waals surface area contributed by atoms with Crippen LogP contribution >= 0.6 is 34.2 Å². The highest BCUT2D eigenvalue weighted by molar-refractivity contribution is 14.1. The number of anilines is 1. The zero-order valence-electron chi connectivity index (χ0n) is 11.3. The molecule has 1 aliphatic heterocycles. The lowest BCUT2D eigenvalue weighted by Gasteiger charge is -2.35. The van der Waals surface area contributed by atoms with Crippen LogP contribution in [0.5, 0.6) is 0 Å². The first kappa shape index (κ1) is 16.0. The molecule has 0 atom stereocenters. The van der Waals surface area contributed by atoms with E-state index in [9.17, 15) is 4.79 Å². The molecule has 1 saturated heterocycles. The van der Waals surface area contributed by atoms with Gasteiger partial charge in [-0.1, -0.05) is 11.6 Å². The van der Waals surface area contributed by atoms with Crippen LogP contribution in [0.4, 0.5) is 5.69 Å². The fourth-order valence-electron chi connectivity index (χ4n) is 2.46. The van der Waals surface area contributed by atoms with Crippen LogP contribution in [0.15, 0.2) is 18.2 Å². The maximum absolute atomic E-state index is 12.6. The molecule has 1 aromatic rings. The van der Waals surface area contributed by atoms with E-state index in [0.717, 1.165) is 29.5 Å². The molecular weight excluding hydrogens is 391 g/mol. The first-order valence-corrected chi connectivity index (χ1v) is 7.99. The topological polar surface area (TPSA) is 50.4 Å². The van der Waals surface area contributed by atoms with Crippen LogP contribution in [-0.2, 0) is 9.53 Å². The van der Waals surface area contributed by atoms with E-state index in [1.807, 2.05) is 18.2 Å². The van der Waals surface area contributed by atoms with Gasteiger partial charge in [-0.2, -0.15) is 0 Å². The Labute approximate surface area is 137 Å². The van der Waals surface area contributed by atoms with Crippen molar-refractivity contribution in [1.29, 1.82) is 0 Å². The zero-order chi connectivity index (χ0) is 14.6. The molecule has 1 amide bonds. The Morgan fingerprint density at radius 2 is 2.20 bits per heavy atom. The van der Waals surface area contributed by atoms with Gasteiger partial charge in [0.2, 0.25) is 5.91 Å². The van der Waals surface area contributed by atoms with Gasteiger partial charge in [-0.05, 0) is 66.7 Å². The fourth-order valence-corrected chi connectivity index (χ4v) is 3.37. The molecule has 0 saturated carbocycles. The van der Waals surface area contributed by atoms with Gasteiger partial charge in [-0.25, -0.2) is 0 Å². The maximum Gasteiger partial charge on any atom is 0.233 e. The molecular formula is C14H18ClIN2O2. The number of piperidine rings is 1. The molecule has 1 heterocycles. The molecule has 6 heteroatoms. The highest BCUT2D eigenvalue weighted by atomic mass is 127. The molecule has 0 unspecified atom stereocenters. The summed E-state index contributed by atoms with van der Waals surface area (Å²) < 4.78 is 6.31. The zero-order valence-corrected chi connectivity index (χ0v) is 14.3. The van der Waals surface area contributed by atoms with Crippen molar-refractivity contribution in [3.05, 3.63) is 26.8 Å². The minimum Gasteiger partial charge on any atom is -0.384 e. The summed E-state index contributed by atoms with van der Waals surface area (Å²) in [5.41, 5.74) is 0.192. The van der Waals surface area contributed by atoms with Gasteiger partial charge in [0, 0.05) is 10.7 Å². The lowest BCUT2D eigenvalue weighted by molar-refractivity contribution is -0.130. The third-order valence-corrected chi connectivity index (χ3v) is 4.63. The van der Waals surface area contributed by atoms with E-state index >= 15 is 0 Å². The van der Waals surface area contributed by atoms with Crippen LogP contribution in [0.2, 0.25) is 5.02 Å². The third kappa shape index (κ3) is 3.63. The average molecular weight is 409 g/mol. The molecule has 1 fully saturated rings. The molecule has 2 rings (SSSR count). The number of rotatable bonds is 4. The van der Waals surface area contributed by atoms with Gasteiger partial charge in [0.05, 0.1) is 22.7 Å². The summed E-state index contributed by atoms with van der Waals surface area (Å²) in [7, 11) is 1.63. The highest BCUT2D eigenvalue weighted by Gasteiger charge is 2.39. The SMILES string of the molecule is COCC1(C(=O)Nc2ccc(I)cc2Cl)CCNCC1. The van der Waals surface area contributed by atoms with Crippen molar-refractivity contribution in [3.63, 3.8) is 0 Å². The van der Waals surface area contributed by atoms with Crippen LogP contribution in [0, 0.1) is 8.99 Å². The Kier molecular flexibility index (Phi) is 5.65. The minimum atomic E-state index is -0.466. The Hall–Kier alpha value is -0.370. The van der Waals surface area contributed by atoms with E-state index in [1.165, 1.54) is 0 Å². The summed E-state index contributed by atoms with van der Waals surface area (Å²) in [5, 5.41) is 6.79. The molecule has 0 spiro atoms. The summed E-state index contributed by atoms with van der Waals surface area (Å²) in [6.45, 7) is 2.09. The van der Waals surface area contributed by atoms with Gasteiger partial charge in [-0.3, -0.25) is 4.79 Å². The Morgan fingerprint density at radius 3 is 2.80 bits per heavy atom. The molecule has 0 aromatic heterocycles. The third-order valence-electron chi connectivity index (χ3n) is 3.64. The second-order valence-corrected chi connectivity index (χ2v) is 6.69. The summed E-state index contributed by atoms with van der Waals surface area (Å²) >= 11 is 8.36. The van der Waals surface area contributed by atoms with Crippen molar-refractivity contribution in [3.8, 4) is 0 Å². The molecule has 0 aliphatic carbocycles. The number of carbonyl (C=O) groups is 1. The van der Waals surface area contributed by atoms with E-state index in [0.29, 0.717) is 17.3 Å². The predicted molar refractivity (Wildman–Crippen MR) is 89.2 cm³/mol. The van der Waals surface area contributed by atoms with E-state index in [2.05, 4.69) is 33.2 Å². The second-order valence-electron chi connectivity index (χ2n) is 5.04. The van der Waals surface area contributed by atoms with E-state index in [-0.39, 0.29) is 5.91 Å². The van der Waals surface area contributed by atoms with Crippen LogP contribution in [0.25, 0.3) is 0 Å². The predicted octanol–water partition coefficient (Wildman–Crippen LogP) is 2.90.